The second kappa shape index (κ2) is 9.55. The lowest BCUT2D eigenvalue weighted by Crippen LogP contribution is -2.10. The van der Waals surface area contributed by atoms with Crippen LogP contribution in [0.4, 0.5) is 0 Å². The molecule has 45 heavy (non-hydrogen) atoms. The highest BCUT2D eigenvalue weighted by molar-refractivity contribution is 6.26. The van der Waals surface area contributed by atoms with Gasteiger partial charge in [-0.3, -0.25) is 0 Å². The van der Waals surface area contributed by atoms with E-state index in [9.17, 15) is 0 Å². The minimum Gasteiger partial charge on any atom is -0.456 e. The van der Waals surface area contributed by atoms with Crippen LogP contribution in [0.2, 0.25) is 0 Å². The van der Waals surface area contributed by atoms with Gasteiger partial charge in [0.2, 0.25) is 0 Å². The average Bonchev–Trinajstić information content (AvgIpc) is 3.52. The van der Waals surface area contributed by atoms with Crippen molar-refractivity contribution in [1.82, 2.24) is 0 Å². The van der Waals surface area contributed by atoms with Crippen molar-refractivity contribution in [2.75, 3.05) is 0 Å². The Morgan fingerprint density at radius 3 is 1.89 bits per heavy atom. The van der Waals surface area contributed by atoms with Gasteiger partial charge in [-0.15, -0.1) is 0 Å². The van der Waals surface area contributed by atoms with Gasteiger partial charge in [0.05, 0.1) is 5.48 Å². The second-order valence-electron chi connectivity index (χ2n) is 13.0. The molecule has 9 rings (SSSR count). The Labute approximate surface area is 268 Å². The summed E-state index contributed by atoms with van der Waals surface area (Å²) in [6.45, 7) is 6.75. The van der Waals surface area contributed by atoms with Crippen molar-refractivity contribution in [3.63, 3.8) is 0 Å². The Morgan fingerprint density at radius 1 is 0.511 bits per heavy atom. The Morgan fingerprint density at radius 2 is 1.16 bits per heavy atom. The fourth-order valence-electron chi connectivity index (χ4n) is 7.16. The monoisotopic (exact) mass is 580 g/mol. The number of benzene rings is 8. The molecule has 0 radical (unpaired) electrons. The van der Waals surface area contributed by atoms with E-state index in [1.165, 1.54) is 38.2 Å². The van der Waals surface area contributed by atoms with Crippen LogP contribution in [-0.4, -0.2) is 0 Å². The largest absolute Gasteiger partial charge is 0.456 e. The maximum atomic E-state index is 8.78. The van der Waals surface area contributed by atoms with Crippen molar-refractivity contribution in [2.45, 2.75) is 26.2 Å². The quantitative estimate of drug-likeness (QED) is 0.185. The van der Waals surface area contributed by atoms with E-state index < -0.39 is 0 Å². The van der Waals surface area contributed by atoms with Crippen LogP contribution in [0, 0.1) is 0 Å². The van der Waals surface area contributed by atoms with Crippen molar-refractivity contribution in [3.05, 3.63) is 145 Å². The summed E-state index contributed by atoms with van der Waals surface area (Å²) < 4.78 is 40.0. The molecule has 0 aliphatic rings. The number of hydrogen-bond donors (Lipinski definition) is 0. The number of fused-ring (bicyclic) bond motifs is 8. The van der Waals surface area contributed by atoms with Crippen molar-refractivity contribution >= 4 is 65.0 Å². The minimum absolute atomic E-state index is 0.0807. The number of hydrogen-bond acceptors (Lipinski definition) is 1. The van der Waals surface area contributed by atoms with Crippen molar-refractivity contribution in [1.29, 1.82) is 0 Å². The molecule has 1 heterocycles. The van der Waals surface area contributed by atoms with E-state index in [0.29, 0.717) is 16.4 Å². The van der Waals surface area contributed by atoms with Gasteiger partial charge < -0.3 is 4.42 Å². The molecule has 0 aliphatic carbocycles. The number of furan rings is 1. The van der Waals surface area contributed by atoms with Crippen LogP contribution in [0.15, 0.2) is 144 Å². The predicted molar refractivity (Wildman–Crippen MR) is 193 cm³/mol. The summed E-state index contributed by atoms with van der Waals surface area (Å²) in [6, 6.07) is 40.3. The summed E-state index contributed by atoms with van der Waals surface area (Å²) in [5.74, 6) is 0. The van der Waals surface area contributed by atoms with Crippen LogP contribution >= 0.6 is 0 Å². The summed E-state index contributed by atoms with van der Waals surface area (Å²) in [7, 11) is 0. The van der Waals surface area contributed by atoms with Gasteiger partial charge in [-0.1, -0.05) is 142 Å². The van der Waals surface area contributed by atoms with Crippen LogP contribution in [-0.2, 0) is 5.41 Å². The van der Waals surface area contributed by atoms with E-state index in [4.69, 9.17) is 9.90 Å². The maximum absolute atomic E-state index is 8.78. The van der Waals surface area contributed by atoms with E-state index in [1.807, 2.05) is 18.2 Å². The lowest BCUT2D eigenvalue weighted by Gasteiger charge is -2.20. The van der Waals surface area contributed by atoms with Crippen LogP contribution < -0.4 is 0 Å². The standard InChI is InChI=1S/C44H32O/c1-44(2,3)30-22-21-27-25-29(20-19-28(27)26-30)41-34-11-4-6-13-36(34)42(37-14-7-5-12-35(37)41)32-16-10-17-33-31(32)23-24-40-43(33)38-15-8-9-18-39(38)45-40/h4-26H,1-3H3/i8D,9D,15D,18D. The summed E-state index contributed by atoms with van der Waals surface area (Å²) in [6.07, 6.45) is 0. The first-order valence-electron chi connectivity index (χ1n) is 17.4. The SMILES string of the molecule is [2H]c1c([2H])c([2H])c2c(oc3ccc4c(-c5c6ccccc6c(-c6ccc7cc(C(C)(C)C)ccc7c6)c6ccccc56)cccc4c32)c1[2H]. The van der Waals surface area contributed by atoms with E-state index in [0.717, 1.165) is 32.7 Å². The van der Waals surface area contributed by atoms with Crippen molar-refractivity contribution < 1.29 is 9.90 Å². The number of rotatable bonds is 2. The van der Waals surface area contributed by atoms with E-state index in [-0.39, 0.29) is 35.2 Å². The highest BCUT2D eigenvalue weighted by Crippen LogP contribution is 2.47. The van der Waals surface area contributed by atoms with Gasteiger partial charge in [-0.2, -0.15) is 0 Å². The first-order chi connectivity index (χ1) is 23.6. The molecule has 8 aromatic carbocycles. The Balaban J connectivity index is 1.35. The zero-order valence-corrected chi connectivity index (χ0v) is 25.4. The third kappa shape index (κ3) is 3.94. The molecular formula is C44H32O. The van der Waals surface area contributed by atoms with Crippen LogP contribution in [0.3, 0.4) is 0 Å². The molecule has 1 nitrogen and oxygen atoms in total. The molecule has 0 aliphatic heterocycles. The fraction of sp³-hybridized carbons (Fsp3) is 0.0909. The average molecular weight is 581 g/mol. The predicted octanol–water partition coefficient (Wildman–Crippen LogP) is 12.8. The third-order valence-electron chi connectivity index (χ3n) is 9.33. The molecule has 0 saturated carbocycles. The molecular weight excluding hydrogens is 544 g/mol. The molecule has 0 atom stereocenters. The molecule has 0 spiro atoms. The van der Waals surface area contributed by atoms with E-state index in [2.05, 4.69) is 118 Å². The lowest BCUT2D eigenvalue weighted by atomic mass is 9.83. The molecule has 214 valence electrons. The Kier molecular flexibility index (Phi) is 4.70. The maximum Gasteiger partial charge on any atom is 0.136 e. The van der Waals surface area contributed by atoms with Gasteiger partial charge in [0.1, 0.15) is 11.2 Å². The summed E-state index contributed by atoms with van der Waals surface area (Å²) in [5.41, 5.74) is 6.70. The molecule has 9 aromatic rings. The molecule has 0 unspecified atom stereocenters. The lowest BCUT2D eigenvalue weighted by molar-refractivity contribution is 0.591. The molecule has 0 N–H and O–H groups in total. The molecule has 1 aromatic heterocycles. The Hall–Kier alpha value is -5.40. The molecule has 0 bridgehead atoms. The zero-order valence-electron chi connectivity index (χ0n) is 29.4. The highest BCUT2D eigenvalue weighted by atomic mass is 16.3. The highest BCUT2D eigenvalue weighted by Gasteiger charge is 2.20. The van der Waals surface area contributed by atoms with Crippen LogP contribution in [0.25, 0.3) is 87.3 Å². The molecule has 0 saturated heterocycles. The van der Waals surface area contributed by atoms with Gasteiger partial charge in [0.25, 0.3) is 0 Å². The summed E-state index contributed by atoms with van der Waals surface area (Å²) in [4.78, 5) is 0. The minimum atomic E-state index is -0.291. The van der Waals surface area contributed by atoms with E-state index in [1.54, 1.807) is 0 Å². The smallest absolute Gasteiger partial charge is 0.136 e. The zero-order chi connectivity index (χ0) is 33.8. The third-order valence-corrected chi connectivity index (χ3v) is 9.33. The molecule has 1 heteroatoms. The van der Waals surface area contributed by atoms with Gasteiger partial charge >= 0.3 is 0 Å². The van der Waals surface area contributed by atoms with Gasteiger partial charge in [-0.05, 0) is 94.5 Å². The first kappa shape index (κ1) is 22.2. The Bertz CT molecular complexity index is 2800. The normalized spacial score (nSPS) is 13.6. The number of para-hydroxylation sites is 1. The van der Waals surface area contributed by atoms with Gasteiger partial charge in [-0.25, -0.2) is 0 Å². The molecule has 0 amide bonds. The molecule has 0 fully saturated rings. The van der Waals surface area contributed by atoms with Crippen molar-refractivity contribution in [3.8, 4) is 22.3 Å². The van der Waals surface area contributed by atoms with Gasteiger partial charge in [0.15, 0.2) is 0 Å². The fourth-order valence-corrected chi connectivity index (χ4v) is 7.16. The van der Waals surface area contributed by atoms with E-state index >= 15 is 0 Å². The first-order valence-corrected chi connectivity index (χ1v) is 15.4. The second-order valence-corrected chi connectivity index (χ2v) is 13.0. The summed E-state index contributed by atoms with van der Waals surface area (Å²) >= 11 is 0. The summed E-state index contributed by atoms with van der Waals surface area (Å²) in [5, 5.41) is 10.1. The van der Waals surface area contributed by atoms with Crippen LogP contribution in [0.5, 0.6) is 0 Å². The van der Waals surface area contributed by atoms with Gasteiger partial charge in [0, 0.05) is 10.8 Å². The topological polar surface area (TPSA) is 13.1 Å². The van der Waals surface area contributed by atoms with Crippen molar-refractivity contribution in [2.24, 2.45) is 0 Å². The van der Waals surface area contributed by atoms with Crippen LogP contribution in [0.1, 0.15) is 31.8 Å².